The lowest BCUT2D eigenvalue weighted by Gasteiger charge is -2.26. The fraction of sp³-hybridized carbons (Fsp3) is 0.444. The van der Waals surface area contributed by atoms with E-state index in [1.807, 2.05) is 39.0 Å². The summed E-state index contributed by atoms with van der Waals surface area (Å²) in [6.07, 6.45) is 0.337. The molecule has 34 heavy (non-hydrogen) atoms. The summed E-state index contributed by atoms with van der Waals surface area (Å²) < 4.78 is 48.5. The van der Waals surface area contributed by atoms with Crippen molar-refractivity contribution in [1.82, 2.24) is 5.32 Å². The Balaban J connectivity index is 0.00000107. The molecule has 0 radical (unpaired) electrons. The smallest absolute Gasteiger partial charge is 0.416 e. The molecular weight excluding hydrogens is 443 g/mol. The van der Waals surface area contributed by atoms with E-state index in [1.54, 1.807) is 6.08 Å². The van der Waals surface area contributed by atoms with Gasteiger partial charge < -0.3 is 14.8 Å². The summed E-state index contributed by atoms with van der Waals surface area (Å²) in [5.41, 5.74) is 2.16. The number of carbonyl (C=O) groups excluding carboxylic acids is 1. The second-order valence-corrected chi connectivity index (χ2v) is 7.54. The average Bonchev–Trinajstić information content (AvgIpc) is 2.83. The molecule has 0 fully saturated rings. The van der Waals surface area contributed by atoms with Crippen LogP contribution in [-0.4, -0.2) is 25.7 Å². The number of allylic oxidation sites excluding steroid dienone is 1. The van der Waals surface area contributed by atoms with E-state index in [-0.39, 0.29) is 18.5 Å². The molecule has 0 amide bonds. The molecule has 2 aromatic rings. The van der Waals surface area contributed by atoms with Gasteiger partial charge in [-0.05, 0) is 67.6 Å². The van der Waals surface area contributed by atoms with Crippen molar-refractivity contribution in [3.8, 4) is 5.75 Å². The van der Waals surface area contributed by atoms with Crippen molar-refractivity contribution in [1.29, 1.82) is 0 Å². The van der Waals surface area contributed by atoms with Crippen LogP contribution in [0.3, 0.4) is 0 Å². The molecule has 0 aromatic heterocycles. The largest absolute Gasteiger partial charge is 0.490 e. The molecule has 3 rings (SSSR count). The molecule has 1 atom stereocenters. The molecule has 2 aromatic carbocycles. The standard InChI is InChI=1S/C22H24F3NO3.C3H6.C2H6/c1-28-21(27)13-16-2-5-17-6-9-19(29-20(17)12-16)10-11-26-14-15-3-7-18(8-4-15)22(23,24)25;1-3-2;1-2/h2-5,7-8,12,19,26H,6,9-11,13-14H2,1H3;3H,1H2,2H3;1-2H3. The maximum Gasteiger partial charge on any atom is 0.416 e. The molecule has 0 aliphatic carbocycles. The minimum absolute atomic E-state index is 0.0657. The fourth-order valence-corrected chi connectivity index (χ4v) is 3.33. The van der Waals surface area contributed by atoms with Gasteiger partial charge in [0.25, 0.3) is 0 Å². The minimum Gasteiger partial charge on any atom is -0.490 e. The number of hydrogen-bond acceptors (Lipinski definition) is 4. The third-order valence-electron chi connectivity index (χ3n) is 4.99. The molecule has 7 heteroatoms. The van der Waals surface area contributed by atoms with E-state index in [0.29, 0.717) is 13.1 Å². The third-order valence-corrected chi connectivity index (χ3v) is 4.99. The van der Waals surface area contributed by atoms with Crippen LogP contribution in [0.5, 0.6) is 5.75 Å². The first-order valence-corrected chi connectivity index (χ1v) is 11.6. The van der Waals surface area contributed by atoms with Gasteiger partial charge in [-0.1, -0.05) is 44.2 Å². The first-order valence-electron chi connectivity index (χ1n) is 11.6. The maximum atomic E-state index is 12.6. The van der Waals surface area contributed by atoms with Crippen LogP contribution in [0.4, 0.5) is 13.2 Å². The number of alkyl halides is 3. The van der Waals surface area contributed by atoms with E-state index < -0.39 is 11.7 Å². The second kappa shape index (κ2) is 15.2. The molecule has 4 nitrogen and oxygen atoms in total. The highest BCUT2D eigenvalue weighted by atomic mass is 19.4. The Morgan fingerprint density at radius 1 is 1.18 bits per heavy atom. The van der Waals surface area contributed by atoms with Crippen LogP contribution in [0.2, 0.25) is 0 Å². The predicted octanol–water partition coefficient (Wildman–Crippen LogP) is 6.51. The molecule has 0 saturated heterocycles. The Labute approximate surface area is 201 Å². The molecule has 1 aliphatic heterocycles. The SMILES string of the molecule is C=CC.CC.COC(=O)Cc1ccc2c(c1)OC(CCNCc1ccc(C(F)(F)F)cc1)CC2. The summed E-state index contributed by atoms with van der Waals surface area (Å²) in [6, 6.07) is 11.0. The average molecular weight is 480 g/mol. The lowest BCUT2D eigenvalue weighted by atomic mass is 9.98. The number of carbonyl (C=O) groups is 1. The normalized spacial score (nSPS) is 14.3. The van der Waals surface area contributed by atoms with E-state index in [1.165, 1.54) is 19.2 Å². The van der Waals surface area contributed by atoms with Crippen LogP contribution in [0, 0.1) is 0 Å². The highest BCUT2D eigenvalue weighted by Crippen LogP contribution is 2.30. The van der Waals surface area contributed by atoms with Gasteiger partial charge in [0.2, 0.25) is 0 Å². The summed E-state index contributed by atoms with van der Waals surface area (Å²) in [5.74, 6) is 0.523. The highest BCUT2D eigenvalue weighted by molar-refractivity contribution is 5.72. The number of halogens is 3. The number of nitrogens with one attached hydrogen (secondary N) is 1. The van der Waals surface area contributed by atoms with Gasteiger partial charge in [-0.15, -0.1) is 6.58 Å². The number of benzene rings is 2. The molecular formula is C27H36F3NO3. The fourth-order valence-electron chi connectivity index (χ4n) is 3.33. The zero-order chi connectivity index (χ0) is 25.6. The zero-order valence-corrected chi connectivity index (χ0v) is 20.5. The number of ether oxygens (including phenoxy) is 2. The van der Waals surface area contributed by atoms with Gasteiger partial charge in [-0.3, -0.25) is 4.79 Å². The van der Waals surface area contributed by atoms with Crippen molar-refractivity contribution in [2.75, 3.05) is 13.7 Å². The van der Waals surface area contributed by atoms with Crippen LogP contribution in [0.1, 0.15) is 55.9 Å². The van der Waals surface area contributed by atoms with Crippen molar-refractivity contribution in [2.24, 2.45) is 0 Å². The van der Waals surface area contributed by atoms with E-state index >= 15 is 0 Å². The van der Waals surface area contributed by atoms with E-state index in [2.05, 4.69) is 11.9 Å². The summed E-state index contributed by atoms with van der Waals surface area (Å²) >= 11 is 0. The van der Waals surface area contributed by atoms with Gasteiger partial charge in [0, 0.05) is 6.54 Å². The van der Waals surface area contributed by atoms with Crippen molar-refractivity contribution < 1.29 is 27.4 Å². The summed E-state index contributed by atoms with van der Waals surface area (Å²) in [6.45, 7) is 10.5. The van der Waals surface area contributed by atoms with E-state index in [4.69, 9.17) is 9.47 Å². The van der Waals surface area contributed by atoms with Crippen molar-refractivity contribution >= 4 is 5.97 Å². The predicted molar refractivity (Wildman–Crippen MR) is 130 cm³/mol. The maximum absolute atomic E-state index is 12.6. The first kappa shape index (κ1) is 29.2. The molecule has 0 saturated carbocycles. The van der Waals surface area contributed by atoms with Gasteiger partial charge in [0.1, 0.15) is 11.9 Å². The number of aryl methyl sites for hydroxylation is 1. The quantitative estimate of drug-likeness (QED) is 0.279. The summed E-state index contributed by atoms with van der Waals surface area (Å²) in [5, 5.41) is 3.25. The number of esters is 1. The lowest BCUT2D eigenvalue weighted by molar-refractivity contribution is -0.140. The van der Waals surface area contributed by atoms with E-state index in [0.717, 1.165) is 53.8 Å². The highest BCUT2D eigenvalue weighted by Gasteiger charge is 2.29. The Morgan fingerprint density at radius 3 is 2.38 bits per heavy atom. The van der Waals surface area contributed by atoms with Gasteiger partial charge in [0.05, 0.1) is 19.1 Å². The monoisotopic (exact) mass is 479 g/mol. The van der Waals surface area contributed by atoms with Gasteiger partial charge >= 0.3 is 12.1 Å². The van der Waals surface area contributed by atoms with Crippen LogP contribution in [0.25, 0.3) is 0 Å². The van der Waals surface area contributed by atoms with Crippen LogP contribution < -0.4 is 10.1 Å². The van der Waals surface area contributed by atoms with Gasteiger partial charge in [-0.2, -0.15) is 13.2 Å². The second-order valence-electron chi connectivity index (χ2n) is 7.54. The zero-order valence-electron chi connectivity index (χ0n) is 20.5. The first-order chi connectivity index (χ1) is 16.3. The number of methoxy groups -OCH3 is 1. The minimum atomic E-state index is -4.31. The molecule has 1 N–H and O–H groups in total. The molecule has 0 spiro atoms. The van der Waals surface area contributed by atoms with Crippen LogP contribution in [0.15, 0.2) is 55.1 Å². The van der Waals surface area contributed by atoms with Gasteiger partial charge in [0.15, 0.2) is 0 Å². The van der Waals surface area contributed by atoms with E-state index in [9.17, 15) is 18.0 Å². The molecule has 188 valence electrons. The van der Waals surface area contributed by atoms with Crippen molar-refractivity contribution in [3.05, 3.63) is 77.4 Å². The molecule has 1 heterocycles. The Hall–Kier alpha value is -2.80. The molecule has 0 bridgehead atoms. The molecule has 1 unspecified atom stereocenters. The van der Waals surface area contributed by atoms with Crippen LogP contribution >= 0.6 is 0 Å². The van der Waals surface area contributed by atoms with Crippen molar-refractivity contribution in [2.45, 2.75) is 65.3 Å². The van der Waals surface area contributed by atoms with Crippen LogP contribution in [-0.2, 0) is 35.1 Å². The summed E-state index contributed by atoms with van der Waals surface area (Å²) in [4.78, 5) is 11.4. The number of hydrogen-bond donors (Lipinski definition) is 1. The Morgan fingerprint density at radius 2 is 1.79 bits per heavy atom. The number of fused-ring (bicyclic) bond motifs is 1. The Kier molecular flexibility index (Phi) is 13.0. The lowest BCUT2D eigenvalue weighted by Crippen LogP contribution is -2.27. The number of rotatable bonds is 7. The van der Waals surface area contributed by atoms with Crippen molar-refractivity contribution in [3.63, 3.8) is 0 Å². The third kappa shape index (κ3) is 10.00. The topological polar surface area (TPSA) is 47.6 Å². The Bertz CT molecular complexity index is 880. The molecule has 1 aliphatic rings. The summed E-state index contributed by atoms with van der Waals surface area (Å²) in [7, 11) is 1.37. The van der Waals surface area contributed by atoms with Gasteiger partial charge in [-0.25, -0.2) is 0 Å².